The molecule has 122 valence electrons. The monoisotopic (exact) mass is 332 g/mol. The molecule has 0 aromatic carbocycles. The van der Waals surface area contributed by atoms with E-state index in [1.165, 1.54) is 11.3 Å². The summed E-state index contributed by atoms with van der Waals surface area (Å²) in [6.45, 7) is 7.46. The van der Waals surface area contributed by atoms with Crippen molar-refractivity contribution in [3.8, 4) is 0 Å². The maximum absolute atomic E-state index is 12.2. The molecule has 1 N–H and O–H groups in total. The summed E-state index contributed by atoms with van der Waals surface area (Å²) in [5.41, 5.74) is 0.985. The molecule has 0 atom stereocenters. The molecule has 0 fully saturated rings. The summed E-state index contributed by atoms with van der Waals surface area (Å²) in [5.74, 6) is -0.499. The van der Waals surface area contributed by atoms with Gasteiger partial charge in [-0.15, -0.1) is 11.3 Å². The van der Waals surface area contributed by atoms with E-state index in [-0.39, 0.29) is 12.5 Å². The van der Waals surface area contributed by atoms with Gasteiger partial charge in [0, 0.05) is 11.6 Å². The highest BCUT2D eigenvalue weighted by Gasteiger charge is 2.23. The van der Waals surface area contributed by atoms with Crippen LogP contribution >= 0.6 is 11.3 Å². The van der Waals surface area contributed by atoms with Crippen LogP contribution in [0.5, 0.6) is 0 Å². The van der Waals surface area contributed by atoms with E-state index < -0.39 is 11.4 Å². The zero-order valence-electron chi connectivity index (χ0n) is 13.7. The number of rotatable bonds is 4. The molecule has 0 aliphatic rings. The van der Waals surface area contributed by atoms with Crippen LogP contribution in [0.1, 0.15) is 41.7 Å². The van der Waals surface area contributed by atoms with Crippen molar-refractivity contribution < 1.29 is 14.3 Å². The van der Waals surface area contributed by atoms with E-state index in [1.807, 2.05) is 33.8 Å². The Morgan fingerprint density at radius 3 is 2.65 bits per heavy atom. The molecule has 5 nitrogen and oxygen atoms in total. The van der Waals surface area contributed by atoms with Crippen LogP contribution in [0.4, 0.5) is 5.00 Å². The Kier molecular flexibility index (Phi) is 5.15. The van der Waals surface area contributed by atoms with Crippen molar-refractivity contribution in [1.82, 2.24) is 4.98 Å². The number of anilines is 1. The Morgan fingerprint density at radius 1 is 1.30 bits per heavy atom. The molecular weight excluding hydrogens is 312 g/mol. The largest absolute Gasteiger partial charge is 0.455 e. The minimum atomic E-state index is -0.489. The Hall–Kier alpha value is -2.21. The third kappa shape index (κ3) is 4.63. The summed E-state index contributed by atoms with van der Waals surface area (Å²) in [6, 6.07) is 7.22. The Bertz CT molecular complexity index is 702. The van der Waals surface area contributed by atoms with Crippen molar-refractivity contribution in [2.45, 2.75) is 34.3 Å². The fraction of sp³-hybridized carbons (Fsp3) is 0.353. The van der Waals surface area contributed by atoms with Crippen LogP contribution in [0.25, 0.3) is 0 Å². The highest BCUT2D eigenvalue weighted by molar-refractivity contribution is 7.18. The van der Waals surface area contributed by atoms with Crippen LogP contribution in [0, 0.1) is 12.3 Å². The van der Waals surface area contributed by atoms with Crippen LogP contribution < -0.4 is 5.32 Å². The van der Waals surface area contributed by atoms with Crippen molar-refractivity contribution in [1.29, 1.82) is 0 Å². The van der Waals surface area contributed by atoms with E-state index >= 15 is 0 Å². The number of nitrogens with zero attached hydrogens (tertiary/aromatic N) is 1. The standard InChI is InChI=1S/C17H20N2O3S/c1-11-9-13(19-16(21)17(2,3)4)23-14(11)15(20)22-10-12-7-5-6-8-18-12/h5-9H,10H2,1-4H3,(H,19,21). The molecule has 2 aromatic heterocycles. The van der Waals surface area contributed by atoms with Gasteiger partial charge in [-0.05, 0) is 30.7 Å². The molecule has 0 saturated carbocycles. The summed E-state index contributed by atoms with van der Waals surface area (Å²) in [4.78, 5) is 28.8. The number of ether oxygens (including phenoxy) is 1. The zero-order valence-corrected chi connectivity index (χ0v) is 14.5. The summed E-state index contributed by atoms with van der Waals surface area (Å²) in [7, 11) is 0. The number of aromatic nitrogens is 1. The van der Waals surface area contributed by atoms with Crippen LogP contribution in [0.15, 0.2) is 30.5 Å². The first-order chi connectivity index (χ1) is 10.8. The van der Waals surface area contributed by atoms with E-state index in [0.717, 1.165) is 5.56 Å². The lowest BCUT2D eigenvalue weighted by atomic mass is 9.96. The molecule has 0 aliphatic heterocycles. The van der Waals surface area contributed by atoms with Gasteiger partial charge in [0.1, 0.15) is 11.5 Å². The SMILES string of the molecule is Cc1cc(NC(=O)C(C)(C)C)sc1C(=O)OCc1ccccn1. The molecule has 0 spiro atoms. The number of aryl methyl sites for hydroxylation is 1. The van der Waals surface area contributed by atoms with Gasteiger partial charge in [0.2, 0.25) is 5.91 Å². The number of carbonyl (C=O) groups excluding carboxylic acids is 2. The number of thiophene rings is 1. The topological polar surface area (TPSA) is 68.3 Å². The average molecular weight is 332 g/mol. The fourth-order valence-corrected chi connectivity index (χ4v) is 2.70. The van der Waals surface area contributed by atoms with Crippen LogP contribution in [0.3, 0.4) is 0 Å². The molecule has 1 amide bonds. The van der Waals surface area contributed by atoms with Gasteiger partial charge in [-0.25, -0.2) is 4.79 Å². The Labute approximate surface area is 139 Å². The van der Waals surface area contributed by atoms with Gasteiger partial charge in [0.05, 0.1) is 10.7 Å². The van der Waals surface area contributed by atoms with Crippen LogP contribution in [-0.4, -0.2) is 16.9 Å². The second-order valence-corrected chi connectivity index (χ2v) is 7.28. The molecule has 2 aromatic rings. The maximum atomic E-state index is 12.2. The zero-order chi connectivity index (χ0) is 17.0. The predicted octanol–water partition coefficient (Wildman–Crippen LogP) is 3.79. The molecule has 6 heteroatoms. The second kappa shape index (κ2) is 6.91. The lowest BCUT2D eigenvalue weighted by molar-refractivity contribution is -0.123. The summed E-state index contributed by atoms with van der Waals surface area (Å²) in [5, 5.41) is 3.48. The second-order valence-electron chi connectivity index (χ2n) is 6.22. The molecule has 0 saturated heterocycles. The highest BCUT2D eigenvalue weighted by atomic mass is 32.1. The highest BCUT2D eigenvalue weighted by Crippen LogP contribution is 2.29. The summed E-state index contributed by atoms with van der Waals surface area (Å²) >= 11 is 1.22. The number of carbonyl (C=O) groups is 2. The van der Waals surface area contributed by atoms with Gasteiger partial charge in [-0.3, -0.25) is 9.78 Å². The van der Waals surface area contributed by atoms with Crippen LogP contribution in [-0.2, 0) is 16.1 Å². The normalized spacial score (nSPS) is 11.1. The first-order valence-electron chi connectivity index (χ1n) is 7.26. The number of hydrogen-bond donors (Lipinski definition) is 1. The molecular formula is C17H20N2O3S. The minimum Gasteiger partial charge on any atom is -0.455 e. The summed E-state index contributed by atoms with van der Waals surface area (Å²) < 4.78 is 5.28. The van der Waals surface area contributed by atoms with Gasteiger partial charge >= 0.3 is 5.97 Å². The van der Waals surface area contributed by atoms with Crippen molar-refractivity contribution in [2.75, 3.05) is 5.32 Å². The first-order valence-corrected chi connectivity index (χ1v) is 8.08. The molecule has 0 aliphatic carbocycles. The van der Waals surface area contributed by atoms with Crippen molar-refractivity contribution in [2.24, 2.45) is 5.41 Å². The van der Waals surface area contributed by atoms with Gasteiger partial charge < -0.3 is 10.1 Å². The van der Waals surface area contributed by atoms with E-state index in [1.54, 1.807) is 24.4 Å². The van der Waals surface area contributed by atoms with Gasteiger partial charge in [-0.1, -0.05) is 26.8 Å². The van der Waals surface area contributed by atoms with E-state index in [9.17, 15) is 9.59 Å². The predicted molar refractivity (Wildman–Crippen MR) is 90.5 cm³/mol. The Balaban J connectivity index is 2.02. The molecule has 0 bridgehead atoms. The van der Waals surface area contributed by atoms with E-state index in [4.69, 9.17) is 4.74 Å². The van der Waals surface area contributed by atoms with Crippen molar-refractivity contribution in [3.05, 3.63) is 46.6 Å². The molecule has 0 radical (unpaired) electrons. The number of nitrogens with one attached hydrogen (secondary N) is 1. The van der Waals surface area contributed by atoms with E-state index in [2.05, 4.69) is 10.3 Å². The lowest BCUT2D eigenvalue weighted by Gasteiger charge is -2.16. The number of hydrogen-bond acceptors (Lipinski definition) is 5. The number of esters is 1. The average Bonchev–Trinajstić information content (AvgIpc) is 2.85. The molecule has 0 unspecified atom stereocenters. The smallest absolute Gasteiger partial charge is 0.349 e. The van der Waals surface area contributed by atoms with Gasteiger partial charge in [0.25, 0.3) is 0 Å². The minimum absolute atomic E-state index is 0.0906. The maximum Gasteiger partial charge on any atom is 0.349 e. The fourth-order valence-electron chi connectivity index (χ4n) is 1.73. The van der Waals surface area contributed by atoms with Gasteiger partial charge in [0.15, 0.2) is 0 Å². The van der Waals surface area contributed by atoms with Crippen molar-refractivity contribution >= 4 is 28.2 Å². The lowest BCUT2D eigenvalue weighted by Crippen LogP contribution is -2.27. The molecule has 2 heterocycles. The number of amides is 1. The first kappa shape index (κ1) is 17.1. The quantitative estimate of drug-likeness (QED) is 0.865. The summed E-state index contributed by atoms with van der Waals surface area (Å²) in [6.07, 6.45) is 1.65. The molecule has 2 rings (SSSR count). The van der Waals surface area contributed by atoms with Crippen LogP contribution in [0.2, 0.25) is 0 Å². The van der Waals surface area contributed by atoms with E-state index in [0.29, 0.717) is 15.6 Å². The number of pyridine rings is 1. The third-order valence-corrected chi connectivity index (χ3v) is 4.23. The molecule has 23 heavy (non-hydrogen) atoms. The Morgan fingerprint density at radius 2 is 2.04 bits per heavy atom. The third-order valence-electron chi connectivity index (χ3n) is 3.10. The van der Waals surface area contributed by atoms with Gasteiger partial charge in [-0.2, -0.15) is 0 Å². The van der Waals surface area contributed by atoms with Crippen molar-refractivity contribution in [3.63, 3.8) is 0 Å².